The number of ether oxygens (including phenoxy) is 2. The fraction of sp³-hybridized carbons (Fsp3) is 0.316. The predicted octanol–water partition coefficient (Wildman–Crippen LogP) is 3.30. The molecule has 1 N–H and O–H groups in total. The highest BCUT2D eigenvalue weighted by Gasteiger charge is 2.31. The van der Waals surface area contributed by atoms with Gasteiger partial charge in [-0.3, -0.25) is 14.9 Å². The van der Waals surface area contributed by atoms with E-state index < -0.39 is 45.3 Å². The maximum Gasteiger partial charge on any atom is 0.573 e. The second kappa shape index (κ2) is 9.62. The van der Waals surface area contributed by atoms with Gasteiger partial charge in [-0.1, -0.05) is 0 Å². The summed E-state index contributed by atoms with van der Waals surface area (Å²) in [5.41, 5.74) is -0.489. The van der Waals surface area contributed by atoms with Crippen molar-refractivity contribution in [3.8, 4) is 11.5 Å². The van der Waals surface area contributed by atoms with Gasteiger partial charge in [-0.15, -0.1) is 13.2 Å². The number of alkyl halides is 3. The van der Waals surface area contributed by atoms with Crippen LogP contribution in [-0.2, 0) is 14.8 Å². The van der Waals surface area contributed by atoms with E-state index in [1.807, 2.05) is 0 Å². The molecule has 178 valence electrons. The number of anilines is 1. The fourth-order valence-electron chi connectivity index (χ4n) is 3.08. The Bertz CT molecular complexity index is 1130. The van der Waals surface area contributed by atoms with Gasteiger partial charge in [0.2, 0.25) is 10.0 Å². The molecule has 1 amide bonds. The standard InChI is InChI=1S/C19H18F3N3O7S/c20-19(21,22)32-14-5-3-13(4-6-14)23-18(26)12-31-17-8-7-15(11-16(17)25(27)28)33(29,30)24-9-1-2-10-24/h3-8,11H,1-2,9-10,12H2,(H,23,26). The van der Waals surface area contributed by atoms with Gasteiger partial charge in [-0.05, 0) is 49.2 Å². The Balaban J connectivity index is 1.65. The summed E-state index contributed by atoms with van der Waals surface area (Å²) in [5, 5.41) is 13.8. The van der Waals surface area contributed by atoms with Gasteiger partial charge >= 0.3 is 12.0 Å². The molecule has 2 aromatic carbocycles. The summed E-state index contributed by atoms with van der Waals surface area (Å²) >= 11 is 0. The number of nitro benzene ring substituents is 1. The molecule has 0 aromatic heterocycles. The van der Waals surface area contributed by atoms with Gasteiger partial charge in [0.25, 0.3) is 5.91 Å². The summed E-state index contributed by atoms with van der Waals surface area (Å²) in [6.45, 7) is -0.00437. The minimum absolute atomic E-state index is 0.139. The van der Waals surface area contributed by atoms with Crippen LogP contribution in [0.15, 0.2) is 47.4 Å². The van der Waals surface area contributed by atoms with Crippen LogP contribution in [0.2, 0.25) is 0 Å². The first-order valence-corrected chi connectivity index (χ1v) is 11.0. The van der Waals surface area contributed by atoms with Gasteiger partial charge in [0.05, 0.1) is 9.82 Å². The van der Waals surface area contributed by atoms with E-state index in [0.29, 0.717) is 25.9 Å². The van der Waals surface area contributed by atoms with Gasteiger partial charge in [0.1, 0.15) is 5.75 Å². The van der Waals surface area contributed by atoms with Gasteiger partial charge in [-0.2, -0.15) is 4.31 Å². The van der Waals surface area contributed by atoms with E-state index in [1.54, 1.807) is 0 Å². The van der Waals surface area contributed by atoms with Crippen LogP contribution in [0.3, 0.4) is 0 Å². The average molecular weight is 489 g/mol. The number of halogens is 3. The molecule has 0 atom stereocenters. The summed E-state index contributed by atoms with van der Waals surface area (Å²) in [4.78, 5) is 22.4. The number of hydrogen-bond acceptors (Lipinski definition) is 7. The van der Waals surface area contributed by atoms with Crippen molar-refractivity contribution in [1.82, 2.24) is 4.31 Å². The van der Waals surface area contributed by atoms with Crippen LogP contribution < -0.4 is 14.8 Å². The number of hydrogen-bond donors (Lipinski definition) is 1. The number of nitro groups is 1. The Hall–Kier alpha value is -3.39. The lowest BCUT2D eigenvalue weighted by atomic mass is 10.3. The summed E-state index contributed by atoms with van der Waals surface area (Å²) < 4.78 is 71.9. The minimum atomic E-state index is -4.85. The third-order valence-corrected chi connectivity index (χ3v) is 6.45. The first-order chi connectivity index (χ1) is 15.5. The number of carbonyl (C=O) groups excluding carboxylic acids is 1. The number of carbonyl (C=O) groups is 1. The first kappa shape index (κ1) is 24.3. The zero-order valence-corrected chi connectivity index (χ0v) is 17.7. The lowest BCUT2D eigenvalue weighted by Crippen LogP contribution is -2.28. The number of nitrogens with zero attached hydrogens (tertiary/aromatic N) is 2. The molecule has 1 saturated heterocycles. The molecule has 0 aliphatic carbocycles. The second-order valence-corrected chi connectivity index (χ2v) is 8.84. The van der Waals surface area contributed by atoms with Crippen LogP contribution in [0.25, 0.3) is 0 Å². The molecule has 2 aromatic rings. The third kappa shape index (κ3) is 6.32. The van der Waals surface area contributed by atoms with E-state index >= 15 is 0 Å². The summed E-state index contributed by atoms with van der Waals surface area (Å²) in [6, 6.07) is 7.45. The summed E-state index contributed by atoms with van der Waals surface area (Å²) in [7, 11) is -3.89. The number of sulfonamides is 1. The largest absolute Gasteiger partial charge is 0.573 e. The lowest BCUT2D eigenvalue weighted by molar-refractivity contribution is -0.386. The van der Waals surface area contributed by atoms with Crippen molar-refractivity contribution in [1.29, 1.82) is 0 Å². The van der Waals surface area contributed by atoms with Crippen molar-refractivity contribution >= 4 is 27.3 Å². The molecule has 1 aliphatic heterocycles. The Labute approximate surface area is 186 Å². The Morgan fingerprint density at radius 1 is 1.12 bits per heavy atom. The van der Waals surface area contributed by atoms with Crippen molar-refractivity contribution in [2.24, 2.45) is 0 Å². The molecule has 10 nitrogen and oxygen atoms in total. The highest BCUT2D eigenvalue weighted by Crippen LogP contribution is 2.32. The predicted molar refractivity (Wildman–Crippen MR) is 108 cm³/mol. The Morgan fingerprint density at radius 3 is 2.33 bits per heavy atom. The highest BCUT2D eigenvalue weighted by molar-refractivity contribution is 7.89. The number of amides is 1. The van der Waals surface area contributed by atoms with Crippen LogP contribution in [0.4, 0.5) is 24.5 Å². The average Bonchev–Trinajstić information content (AvgIpc) is 3.28. The van der Waals surface area contributed by atoms with Crippen LogP contribution >= 0.6 is 0 Å². The second-order valence-electron chi connectivity index (χ2n) is 6.91. The van der Waals surface area contributed by atoms with Crippen LogP contribution in [0.5, 0.6) is 11.5 Å². The maximum atomic E-state index is 12.6. The molecule has 1 heterocycles. The van der Waals surface area contributed by atoms with Crippen LogP contribution in [0.1, 0.15) is 12.8 Å². The first-order valence-electron chi connectivity index (χ1n) is 9.53. The van der Waals surface area contributed by atoms with Crippen molar-refractivity contribution in [2.45, 2.75) is 24.1 Å². The molecule has 0 saturated carbocycles. The van der Waals surface area contributed by atoms with E-state index in [1.165, 1.54) is 16.4 Å². The van der Waals surface area contributed by atoms with Crippen LogP contribution in [0, 0.1) is 10.1 Å². The topological polar surface area (TPSA) is 128 Å². The molecule has 0 unspecified atom stereocenters. The molecule has 1 aliphatic rings. The van der Waals surface area contributed by atoms with E-state index in [2.05, 4.69) is 10.1 Å². The Kier molecular flexibility index (Phi) is 7.07. The molecule has 33 heavy (non-hydrogen) atoms. The lowest BCUT2D eigenvalue weighted by Gasteiger charge is -2.16. The number of nitrogens with one attached hydrogen (secondary N) is 1. The van der Waals surface area contributed by atoms with Crippen molar-refractivity contribution in [3.63, 3.8) is 0 Å². The third-order valence-electron chi connectivity index (χ3n) is 4.56. The molecular weight excluding hydrogens is 471 g/mol. The van der Waals surface area contributed by atoms with Crippen LogP contribution in [-0.4, -0.2) is 49.6 Å². The maximum absolute atomic E-state index is 12.6. The number of benzene rings is 2. The normalized spacial score (nSPS) is 14.6. The van der Waals surface area contributed by atoms with Gasteiger partial charge in [-0.25, -0.2) is 8.42 Å². The quantitative estimate of drug-likeness (QED) is 0.445. The molecule has 1 fully saturated rings. The molecule has 14 heteroatoms. The van der Waals surface area contributed by atoms with Crippen molar-refractivity contribution in [2.75, 3.05) is 25.0 Å². The van der Waals surface area contributed by atoms with E-state index in [9.17, 15) is 36.5 Å². The SMILES string of the molecule is O=C(COc1ccc(S(=O)(=O)N2CCCC2)cc1[N+](=O)[O-])Nc1ccc(OC(F)(F)F)cc1. The monoisotopic (exact) mass is 489 g/mol. The smallest absolute Gasteiger partial charge is 0.477 e. The van der Waals surface area contributed by atoms with E-state index in [-0.39, 0.29) is 16.3 Å². The van der Waals surface area contributed by atoms with Gasteiger partial charge < -0.3 is 14.8 Å². The van der Waals surface area contributed by atoms with E-state index in [4.69, 9.17) is 4.74 Å². The molecular formula is C19H18F3N3O7S. The number of rotatable bonds is 8. The Morgan fingerprint density at radius 2 is 1.76 bits per heavy atom. The zero-order chi connectivity index (χ0) is 24.2. The van der Waals surface area contributed by atoms with Crippen molar-refractivity contribution in [3.05, 3.63) is 52.6 Å². The molecule has 0 spiro atoms. The van der Waals surface area contributed by atoms with Gasteiger partial charge in [0.15, 0.2) is 12.4 Å². The van der Waals surface area contributed by atoms with E-state index in [0.717, 1.165) is 30.3 Å². The van der Waals surface area contributed by atoms with Gasteiger partial charge in [0, 0.05) is 24.8 Å². The summed E-state index contributed by atoms with van der Waals surface area (Å²) in [6.07, 6.45) is -3.44. The minimum Gasteiger partial charge on any atom is -0.477 e. The molecule has 3 rings (SSSR count). The summed E-state index contributed by atoms with van der Waals surface area (Å²) in [5.74, 6) is -1.54. The van der Waals surface area contributed by atoms with Crippen molar-refractivity contribution < 1.29 is 40.8 Å². The molecule has 0 radical (unpaired) electrons. The zero-order valence-electron chi connectivity index (χ0n) is 16.9. The highest BCUT2D eigenvalue weighted by atomic mass is 32.2. The fourth-order valence-corrected chi connectivity index (χ4v) is 4.62. The molecule has 0 bridgehead atoms.